The Labute approximate surface area is 209 Å². The molecule has 3 aromatic rings. The molecular formula is C27H30FN5O3. The maximum absolute atomic E-state index is 13.4. The highest BCUT2D eigenvalue weighted by Crippen LogP contribution is 2.27. The van der Waals surface area contributed by atoms with E-state index in [0.29, 0.717) is 37.3 Å². The first kappa shape index (κ1) is 25.4. The van der Waals surface area contributed by atoms with Crippen LogP contribution in [0.15, 0.2) is 54.7 Å². The molecule has 1 aromatic heterocycles. The Bertz CT molecular complexity index is 1230. The second kappa shape index (κ2) is 11.3. The van der Waals surface area contributed by atoms with Gasteiger partial charge in [-0.15, -0.1) is 0 Å². The maximum Gasteiger partial charge on any atom is 0.252 e. The van der Waals surface area contributed by atoms with Gasteiger partial charge in [-0.2, -0.15) is 5.26 Å². The first-order valence-electron chi connectivity index (χ1n) is 12.0. The number of nitriles is 1. The normalized spacial score (nSPS) is 15.8. The van der Waals surface area contributed by atoms with Crippen LogP contribution >= 0.6 is 0 Å². The van der Waals surface area contributed by atoms with Crippen LogP contribution in [0.3, 0.4) is 0 Å². The van der Waals surface area contributed by atoms with Crippen molar-refractivity contribution in [1.29, 1.82) is 5.26 Å². The smallest absolute Gasteiger partial charge is 0.252 e. The molecule has 2 atom stereocenters. The van der Waals surface area contributed by atoms with Crippen molar-refractivity contribution in [2.75, 3.05) is 24.5 Å². The quantitative estimate of drug-likeness (QED) is 0.446. The van der Waals surface area contributed by atoms with Crippen molar-refractivity contribution in [3.8, 4) is 6.07 Å². The maximum atomic E-state index is 13.4. The highest BCUT2D eigenvalue weighted by Gasteiger charge is 2.30. The average Bonchev–Trinajstić information content (AvgIpc) is 3.26. The third kappa shape index (κ3) is 5.73. The lowest BCUT2D eigenvalue weighted by atomic mass is 9.95. The van der Waals surface area contributed by atoms with Crippen LogP contribution in [0, 0.1) is 23.1 Å². The van der Waals surface area contributed by atoms with E-state index in [4.69, 9.17) is 0 Å². The Morgan fingerprint density at radius 3 is 2.64 bits per heavy atom. The topological polar surface area (TPSA) is 114 Å². The van der Waals surface area contributed by atoms with Crippen molar-refractivity contribution in [2.45, 2.75) is 31.5 Å². The molecule has 1 aliphatic rings. The number of amides is 1. The fraction of sp³-hybridized carbons (Fsp3) is 0.370. The largest absolute Gasteiger partial charge is 0.382 e. The molecular weight excluding hydrogens is 461 g/mol. The number of aliphatic hydroxyl groups is 2. The second-order valence-corrected chi connectivity index (χ2v) is 9.17. The molecule has 2 heterocycles. The van der Waals surface area contributed by atoms with Crippen molar-refractivity contribution >= 4 is 11.6 Å². The summed E-state index contributed by atoms with van der Waals surface area (Å²) in [6.45, 7) is 1.71. The van der Waals surface area contributed by atoms with E-state index in [1.807, 2.05) is 41.3 Å². The Morgan fingerprint density at radius 2 is 1.94 bits per heavy atom. The number of hydrogen-bond acceptors (Lipinski definition) is 6. The van der Waals surface area contributed by atoms with E-state index in [9.17, 15) is 24.7 Å². The minimum Gasteiger partial charge on any atom is -0.382 e. The number of nitrogens with one attached hydrogen (secondary N) is 1. The fourth-order valence-corrected chi connectivity index (χ4v) is 4.59. The van der Waals surface area contributed by atoms with Gasteiger partial charge in [0.25, 0.3) is 5.91 Å². The van der Waals surface area contributed by atoms with Crippen molar-refractivity contribution in [2.24, 2.45) is 13.0 Å². The average molecular weight is 492 g/mol. The van der Waals surface area contributed by atoms with Crippen LogP contribution in [0.2, 0.25) is 0 Å². The van der Waals surface area contributed by atoms with E-state index in [-0.39, 0.29) is 11.7 Å². The van der Waals surface area contributed by atoms with Gasteiger partial charge >= 0.3 is 0 Å². The number of piperidine rings is 1. The van der Waals surface area contributed by atoms with Crippen LogP contribution in [0.5, 0.6) is 0 Å². The zero-order chi connectivity index (χ0) is 25.7. The molecule has 4 rings (SSSR count). The number of nitrogens with zero attached hydrogens (tertiary/aromatic N) is 4. The Balaban J connectivity index is 1.28. The third-order valence-electron chi connectivity index (χ3n) is 6.78. The highest BCUT2D eigenvalue weighted by molar-refractivity contribution is 5.81. The molecule has 1 saturated heterocycles. The molecule has 0 saturated carbocycles. The van der Waals surface area contributed by atoms with E-state index < -0.39 is 23.9 Å². The third-order valence-corrected chi connectivity index (χ3v) is 6.78. The number of aromatic nitrogens is 2. The van der Waals surface area contributed by atoms with E-state index in [0.717, 1.165) is 24.1 Å². The van der Waals surface area contributed by atoms with Gasteiger partial charge in [0.15, 0.2) is 6.10 Å². The van der Waals surface area contributed by atoms with Gasteiger partial charge in [-0.3, -0.25) is 4.79 Å². The van der Waals surface area contributed by atoms with Gasteiger partial charge in [-0.05, 0) is 42.5 Å². The predicted molar refractivity (Wildman–Crippen MR) is 132 cm³/mol. The van der Waals surface area contributed by atoms with Crippen molar-refractivity contribution < 1.29 is 19.4 Å². The number of carbonyl (C=O) groups excluding carboxylic acids is 1. The van der Waals surface area contributed by atoms with Crippen LogP contribution in [0.1, 0.15) is 41.6 Å². The van der Waals surface area contributed by atoms with Crippen LogP contribution in [0.4, 0.5) is 10.1 Å². The molecule has 0 aliphatic carbocycles. The molecule has 36 heavy (non-hydrogen) atoms. The van der Waals surface area contributed by atoms with E-state index in [1.54, 1.807) is 23.9 Å². The summed E-state index contributed by atoms with van der Waals surface area (Å²) in [5, 5.41) is 33.2. The Kier molecular flexibility index (Phi) is 7.98. The summed E-state index contributed by atoms with van der Waals surface area (Å²) in [6.07, 6.45) is 0.693. The molecule has 0 bridgehead atoms. The van der Waals surface area contributed by atoms with Crippen LogP contribution in [-0.2, 0) is 18.3 Å². The monoisotopic (exact) mass is 491 g/mol. The molecule has 0 spiro atoms. The summed E-state index contributed by atoms with van der Waals surface area (Å²) >= 11 is 0. The first-order valence-corrected chi connectivity index (χ1v) is 12.0. The number of rotatable bonds is 8. The fourth-order valence-electron chi connectivity index (χ4n) is 4.59. The highest BCUT2D eigenvalue weighted by atomic mass is 19.1. The van der Waals surface area contributed by atoms with Gasteiger partial charge in [0.05, 0.1) is 11.3 Å². The van der Waals surface area contributed by atoms with Gasteiger partial charge in [-0.1, -0.05) is 30.3 Å². The SMILES string of the molecule is Cn1c(Cc2ccccc2)cnc1[C@H](O)[C@@H](O)C(=O)NCC1CCN(c2ccc(F)cc2C#N)CC1. The van der Waals surface area contributed by atoms with Gasteiger partial charge in [0, 0.05) is 45.0 Å². The van der Waals surface area contributed by atoms with E-state index >= 15 is 0 Å². The number of aliphatic hydroxyl groups excluding tert-OH is 2. The minimum absolute atomic E-state index is 0.186. The molecule has 8 nitrogen and oxygen atoms in total. The Hall–Kier alpha value is -3.74. The zero-order valence-corrected chi connectivity index (χ0v) is 20.1. The zero-order valence-electron chi connectivity index (χ0n) is 20.1. The van der Waals surface area contributed by atoms with Gasteiger partial charge in [0.1, 0.15) is 23.8 Å². The molecule has 3 N–H and O–H groups in total. The molecule has 188 valence electrons. The number of carbonyl (C=O) groups is 1. The number of imidazole rings is 1. The molecule has 1 aliphatic heterocycles. The molecule has 1 fully saturated rings. The molecule has 0 unspecified atom stereocenters. The number of hydrogen-bond donors (Lipinski definition) is 3. The summed E-state index contributed by atoms with van der Waals surface area (Å²) in [4.78, 5) is 18.9. The summed E-state index contributed by atoms with van der Waals surface area (Å²) in [5.41, 5.74) is 2.96. The van der Waals surface area contributed by atoms with Crippen molar-refractivity contribution in [3.05, 3.63) is 83.2 Å². The summed E-state index contributed by atoms with van der Waals surface area (Å²) in [6, 6.07) is 16.1. The molecule has 9 heteroatoms. The molecule has 0 radical (unpaired) electrons. The number of halogens is 1. The number of anilines is 1. The second-order valence-electron chi connectivity index (χ2n) is 9.17. The Morgan fingerprint density at radius 1 is 1.22 bits per heavy atom. The van der Waals surface area contributed by atoms with E-state index in [2.05, 4.69) is 10.3 Å². The van der Waals surface area contributed by atoms with Gasteiger partial charge in [-0.25, -0.2) is 9.37 Å². The lowest BCUT2D eigenvalue weighted by molar-refractivity contribution is -0.136. The molecule has 2 aromatic carbocycles. The van der Waals surface area contributed by atoms with Gasteiger partial charge in [0.2, 0.25) is 0 Å². The predicted octanol–water partition coefficient (Wildman–Crippen LogP) is 2.45. The van der Waals surface area contributed by atoms with E-state index in [1.165, 1.54) is 12.1 Å². The summed E-state index contributed by atoms with van der Waals surface area (Å²) in [5.74, 6) is -0.676. The lowest BCUT2D eigenvalue weighted by Gasteiger charge is -2.34. The van der Waals surface area contributed by atoms with Crippen molar-refractivity contribution in [3.63, 3.8) is 0 Å². The van der Waals surface area contributed by atoms with Crippen molar-refractivity contribution in [1.82, 2.24) is 14.9 Å². The first-order chi connectivity index (χ1) is 17.4. The summed E-state index contributed by atoms with van der Waals surface area (Å²) in [7, 11) is 1.75. The van der Waals surface area contributed by atoms with Crippen LogP contribution in [0.25, 0.3) is 0 Å². The number of benzene rings is 2. The minimum atomic E-state index is -1.65. The molecule has 1 amide bonds. The summed E-state index contributed by atoms with van der Waals surface area (Å²) < 4.78 is 15.1. The lowest BCUT2D eigenvalue weighted by Crippen LogP contribution is -2.43. The van der Waals surface area contributed by atoms with Crippen LogP contribution in [-0.4, -0.2) is 51.4 Å². The standard InChI is InChI=1S/C27H30FN5O3/c1-32-22(13-18-5-3-2-4-6-18)17-30-26(32)24(34)25(35)27(36)31-16-19-9-11-33(12-10-19)23-8-7-21(28)14-20(23)15-29/h2-8,14,17,19,24-25,34-35H,9-13,16H2,1H3,(H,31,36)/t24-,25-/m1/s1. The van der Waals surface area contributed by atoms with Gasteiger partial charge < -0.3 is 25.0 Å². The van der Waals surface area contributed by atoms with Crippen LogP contribution < -0.4 is 10.2 Å².